The standard InChI is InChI=1S/C15H21NO2/c1-10-6-7-14(11(2)8-10)16-13-5-3-4-12(9-13)15(17)18/h6-8,12-13,16H,3-5,9H2,1-2H3,(H,17,18). The maximum absolute atomic E-state index is 11.0. The molecule has 0 aliphatic heterocycles. The van der Waals surface area contributed by atoms with Crippen molar-refractivity contribution in [2.24, 2.45) is 5.92 Å². The Balaban J connectivity index is 2.02. The van der Waals surface area contributed by atoms with Gasteiger partial charge in [-0.2, -0.15) is 0 Å². The third-order valence-electron chi connectivity index (χ3n) is 3.76. The molecule has 0 bridgehead atoms. The Bertz CT molecular complexity index is 442. The zero-order valence-electron chi connectivity index (χ0n) is 11.1. The lowest BCUT2D eigenvalue weighted by molar-refractivity contribution is -0.142. The van der Waals surface area contributed by atoms with Gasteiger partial charge in [0.15, 0.2) is 0 Å². The van der Waals surface area contributed by atoms with Crippen LogP contribution in [0.4, 0.5) is 5.69 Å². The molecule has 2 N–H and O–H groups in total. The molecule has 1 aromatic rings. The Kier molecular flexibility index (Phi) is 3.90. The summed E-state index contributed by atoms with van der Waals surface area (Å²) in [6.45, 7) is 4.17. The van der Waals surface area contributed by atoms with E-state index in [2.05, 4.69) is 37.4 Å². The van der Waals surface area contributed by atoms with E-state index in [1.165, 1.54) is 11.1 Å². The second-order valence-corrected chi connectivity index (χ2v) is 5.36. The zero-order valence-corrected chi connectivity index (χ0v) is 11.1. The van der Waals surface area contributed by atoms with Gasteiger partial charge in [-0.1, -0.05) is 24.1 Å². The maximum Gasteiger partial charge on any atom is 0.306 e. The molecule has 0 radical (unpaired) electrons. The van der Waals surface area contributed by atoms with Crippen LogP contribution in [0, 0.1) is 19.8 Å². The summed E-state index contributed by atoms with van der Waals surface area (Å²) in [5.74, 6) is -0.830. The number of aryl methyl sites for hydroxylation is 2. The quantitative estimate of drug-likeness (QED) is 0.861. The highest BCUT2D eigenvalue weighted by molar-refractivity contribution is 5.70. The first-order chi connectivity index (χ1) is 8.56. The average molecular weight is 247 g/mol. The van der Waals surface area contributed by atoms with Gasteiger partial charge in [-0.3, -0.25) is 4.79 Å². The van der Waals surface area contributed by atoms with E-state index in [4.69, 9.17) is 5.11 Å². The first-order valence-electron chi connectivity index (χ1n) is 6.63. The summed E-state index contributed by atoms with van der Waals surface area (Å²) in [5, 5.41) is 12.6. The van der Waals surface area contributed by atoms with Gasteiger partial charge in [-0.05, 0) is 44.7 Å². The van der Waals surface area contributed by atoms with Crippen LogP contribution >= 0.6 is 0 Å². The van der Waals surface area contributed by atoms with E-state index < -0.39 is 5.97 Å². The Labute approximate surface area is 108 Å². The number of anilines is 1. The van der Waals surface area contributed by atoms with Crippen LogP contribution in [-0.2, 0) is 4.79 Å². The lowest BCUT2D eigenvalue weighted by Crippen LogP contribution is -2.31. The lowest BCUT2D eigenvalue weighted by Gasteiger charge is -2.28. The van der Waals surface area contributed by atoms with Crippen LogP contribution in [0.1, 0.15) is 36.8 Å². The van der Waals surface area contributed by atoms with Gasteiger partial charge in [0.05, 0.1) is 5.92 Å². The third kappa shape index (κ3) is 3.03. The van der Waals surface area contributed by atoms with Crippen molar-refractivity contribution in [3.05, 3.63) is 29.3 Å². The monoisotopic (exact) mass is 247 g/mol. The number of rotatable bonds is 3. The molecule has 3 nitrogen and oxygen atoms in total. The van der Waals surface area contributed by atoms with Crippen LogP contribution in [0.25, 0.3) is 0 Å². The molecule has 0 spiro atoms. The number of carboxylic acid groups (broad SMARTS) is 1. The van der Waals surface area contributed by atoms with Crippen molar-refractivity contribution in [3.8, 4) is 0 Å². The van der Waals surface area contributed by atoms with E-state index >= 15 is 0 Å². The minimum Gasteiger partial charge on any atom is -0.481 e. The summed E-state index contributed by atoms with van der Waals surface area (Å²) in [7, 11) is 0. The average Bonchev–Trinajstić information content (AvgIpc) is 2.33. The SMILES string of the molecule is Cc1ccc(NC2CCCC(C(=O)O)C2)c(C)c1. The minimum atomic E-state index is -0.651. The van der Waals surface area contributed by atoms with Gasteiger partial charge in [0.25, 0.3) is 0 Å². The van der Waals surface area contributed by atoms with E-state index in [-0.39, 0.29) is 5.92 Å². The van der Waals surface area contributed by atoms with Crippen LogP contribution in [0.5, 0.6) is 0 Å². The molecule has 0 heterocycles. The molecule has 98 valence electrons. The molecule has 1 saturated carbocycles. The fraction of sp³-hybridized carbons (Fsp3) is 0.533. The molecule has 2 unspecified atom stereocenters. The predicted molar refractivity (Wildman–Crippen MR) is 72.9 cm³/mol. The second-order valence-electron chi connectivity index (χ2n) is 5.36. The summed E-state index contributed by atoms with van der Waals surface area (Å²) in [5.41, 5.74) is 3.62. The summed E-state index contributed by atoms with van der Waals surface area (Å²) in [6, 6.07) is 6.63. The number of hydrogen-bond acceptors (Lipinski definition) is 2. The molecule has 1 fully saturated rings. The molecule has 18 heavy (non-hydrogen) atoms. The highest BCUT2D eigenvalue weighted by Crippen LogP contribution is 2.28. The largest absolute Gasteiger partial charge is 0.481 e. The van der Waals surface area contributed by atoms with E-state index in [1.54, 1.807) is 0 Å². The summed E-state index contributed by atoms with van der Waals surface area (Å²) in [4.78, 5) is 11.0. The van der Waals surface area contributed by atoms with Gasteiger partial charge in [0.1, 0.15) is 0 Å². The molecule has 2 atom stereocenters. The molecular weight excluding hydrogens is 226 g/mol. The number of carbonyl (C=O) groups is 1. The number of aliphatic carboxylic acids is 1. The fourth-order valence-electron chi connectivity index (χ4n) is 2.74. The zero-order chi connectivity index (χ0) is 13.1. The van der Waals surface area contributed by atoms with Gasteiger partial charge < -0.3 is 10.4 Å². The normalized spacial score (nSPS) is 23.7. The molecule has 2 rings (SSSR count). The minimum absolute atomic E-state index is 0.179. The van der Waals surface area contributed by atoms with E-state index in [1.807, 2.05) is 0 Å². The van der Waals surface area contributed by atoms with Crippen molar-refractivity contribution >= 4 is 11.7 Å². The Morgan fingerprint density at radius 3 is 2.78 bits per heavy atom. The Morgan fingerprint density at radius 1 is 1.33 bits per heavy atom. The van der Waals surface area contributed by atoms with Crippen LogP contribution in [0.15, 0.2) is 18.2 Å². The summed E-state index contributed by atoms with van der Waals surface area (Å²) in [6.07, 6.45) is 3.62. The second kappa shape index (κ2) is 5.42. The highest BCUT2D eigenvalue weighted by Gasteiger charge is 2.26. The molecule has 1 aliphatic carbocycles. The van der Waals surface area contributed by atoms with Crippen LogP contribution in [0.3, 0.4) is 0 Å². The number of nitrogens with one attached hydrogen (secondary N) is 1. The first-order valence-corrected chi connectivity index (χ1v) is 6.63. The van der Waals surface area contributed by atoms with Gasteiger partial charge in [-0.15, -0.1) is 0 Å². The van der Waals surface area contributed by atoms with Gasteiger partial charge in [-0.25, -0.2) is 0 Å². The lowest BCUT2D eigenvalue weighted by atomic mass is 9.85. The third-order valence-corrected chi connectivity index (χ3v) is 3.76. The van der Waals surface area contributed by atoms with E-state index in [9.17, 15) is 4.79 Å². The molecule has 1 aromatic carbocycles. The molecule has 0 aromatic heterocycles. The topological polar surface area (TPSA) is 49.3 Å². The smallest absolute Gasteiger partial charge is 0.306 e. The first kappa shape index (κ1) is 12.9. The molecule has 3 heteroatoms. The molecular formula is C15H21NO2. The highest BCUT2D eigenvalue weighted by atomic mass is 16.4. The van der Waals surface area contributed by atoms with Crippen LogP contribution in [-0.4, -0.2) is 17.1 Å². The van der Waals surface area contributed by atoms with E-state index in [0.29, 0.717) is 6.04 Å². The van der Waals surface area contributed by atoms with Crippen molar-refractivity contribution in [1.82, 2.24) is 0 Å². The van der Waals surface area contributed by atoms with Crippen LogP contribution in [0.2, 0.25) is 0 Å². The van der Waals surface area contributed by atoms with Crippen molar-refractivity contribution in [2.75, 3.05) is 5.32 Å². The Hall–Kier alpha value is -1.51. The van der Waals surface area contributed by atoms with Crippen molar-refractivity contribution in [3.63, 3.8) is 0 Å². The van der Waals surface area contributed by atoms with Crippen molar-refractivity contribution in [2.45, 2.75) is 45.6 Å². The Morgan fingerprint density at radius 2 is 2.11 bits per heavy atom. The van der Waals surface area contributed by atoms with Crippen molar-refractivity contribution in [1.29, 1.82) is 0 Å². The predicted octanol–water partition coefficient (Wildman–Crippen LogP) is 3.36. The maximum atomic E-state index is 11.0. The molecule has 1 aliphatic rings. The van der Waals surface area contributed by atoms with Gasteiger partial charge in [0, 0.05) is 11.7 Å². The number of benzene rings is 1. The summed E-state index contributed by atoms with van der Waals surface area (Å²) < 4.78 is 0. The molecule has 0 saturated heterocycles. The fourth-order valence-corrected chi connectivity index (χ4v) is 2.74. The van der Waals surface area contributed by atoms with Gasteiger partial charge in [0.2, 0.25) is 0 Å². The summed E-state index contributed by atoms with van der Waals surface area (Å²) >= 11 is 0. The molecule has 0 amide bonds. The van der Waals surface area contributed by atoms with Crippen molar-refractivity contribution < 1.29 is 9.90 Å². The van der Waals surface area contributed by atoms with E-state index in [0.717, 1.165) is 31.4 Å². The van der Waals surface area contributed by atoms with Crippen LogP contribution < -0.4 is 5.32 Å². The number of carboxylic acids is 1. The van der Waals surface area contributed by atoms with Gasteiger partial charge >= 0.3 is 5.97 Å². The number of hydrogen-bond donors (Lipinski definition) is 2.